The number of carbonyl (C=O) groups excluding carboxylic acids is 2. The van der Waals surface area contributed by atoms with Crippen LogP contribution >= 0.6 is 0 Å². The SMILES string of the molecule is O=C(Cc1ccccc1)NCCCN1C(=O)C2(COc3cc4c(cc32)OCO4)c2ccccc21. The third-order valence-electron chi connectivity index (χ3n) is 6.73. The van der Waals surface area contributed by atoms with Crippen molar-refractivity contribution in [2.24, 2.45) is 0 Å². The topological polar surface area (TPSA) is 77.1 Å². The maximum atomic E-state index is 13.9. The standard InChI is InChI=1S/C27H24N2O5/c30-25(13-18-7-2-1-3-8-18)28-11-6-12-29-21-10-5-4-9-19(21)27(26(29)31)16-32-22-15-24-23(14-20(22)27)33-17-34-24/h1-5,7-10,14-15H,6,11-13,16-17H2,(H,28,30). The highest BCUT2D eigenvalue weighted by Gasteiger charge is 2.57. The predicted octanol–water partition coefficient (Wildman–Crippen LogP) is 3.19. The molecule has 0 saturated heterocycles. The van der Waals surface area contributed by atoms with E-state index in [1.165, 1.54) is 0 Å². The first-order valence-electron chi connectivity index (χ1n) is 11.5. The maximum Gasteiger partial charge on any atom is 0.245 e. The number of amides is 2. The van der Waals surface area contributed by atoms with Crippen LogP contribution in [0.15, 0.2) is 66.7 Å². The summed E-state index contributed by atoms with van der Waals surface area (Å²) in [6.07, 6.45) is 0.991. The fraction of sp³-hybridized carbons (Fsp3) is 0.259. The van der Waals surface area contributed by atoms with Gasteiger partial charge in [-0.05, 0) is 29.7 Å². The van der Waals surface area contributed by atoms with Crippen molar-refractivity contribution in [2.75, 3.05) is 31.4 Å². The van der Waals surface area contributed by atoms with E-state index in [2.05, 4.69) is 5.32 Å². The highest BCUT2D eigenvalue weighted by atomic mass is 16.7. The second-order valence-corrected chi connectivity index (χ2v) is 8.74. The van der Waals surface area contributed by atoms with Crippen molar-refractivity contribution in [1.82, 2.24) is 5.32 Å². The van der Waals surface area contributed by atoms with Gasteiger partial charge in [-0.25, -0.2) is 0 Å². The van der Waals surface area contributed by atoms with Gasteiger partial charge in [-0.15, -0.1) is 0 Å². The maximum absolute atomic E-state index is 13.9. The molecular weight excluding hydrogens is 432 g/mol. The van der Waals surface area contributed by atoms with E-state index in [-0.39, 0.29) is 25.2 Å². The average molecular weight is 456 g/mol. The second kappa shape index (κ2) is 8.09. The summed E-state index contributed by atoms with van der Waals surface area (Å²) in [6.45, 7) is 1.41. The number of rotatable bonds is 6. The molecule has 7 nitrogen and oxygen atoms in total. The molecule has 3 heterocycles. The molecule has 2 amide bonds. The number of nitrogens with zero attached hydrogens (tertiary/aromatic N) is 1. The molecule has 3 aliphatic rings. The van der Waals surface area contributed by atoms with Gasteiger partial charge in [-0.3, -0.25) is 9.59 Å². The van der Waals surface area contributed by atoms with E-state index in [4.69, 9.17) is 14.2 Å². The zero-order chi connectivity index (χ0) is 23.1. The molecule has 3 aliphatic heterocycles. The zero-order valence-corrected chi connectivity index (χ0v) is 18.6. The smallest absolute Gasteiger partial charge is 0.245 e. The Balaban J connectivity index is 1.19. The van der Waals surface area contributed by atoms with Crippen molar-refractivity contribution >= 4 is 17.5 Å². The normalized spacial score (nSPS) is 19.2. The summed E-state index contributed by atoms with van der Waals surface area (Å²) in [4.78, 5) is 28.0. The first-order valence-corrected chi connectivity index (χ1v) is 11.5. The lowest BCUT2D eigenvalue weighted by atomic mass is 9.77. The van der Waals surface area contributed by atoms with Crippen molar-refractivity contribution < 1.29 is 23.8 Å². The van der Waals surface area contributed by atoms with Gasteiger partial charge in [0.25, 0.3) is 0 Å². The Morgan fingerprint density at radius 1 is 0.912 bits per heavy atom. The van der Waals surface area contributed by atoms with Gasteiger partial charge in [0.1, 0.15) is 17.8 Å². The van der Waals surface area contributed by atoms with Crippen LogP contribution < -0.4 is 24.4 Å². The van der Waals surface area contributed by atoms with Crippen molar-refractivity contribution in [3.8, 4) is 17.2 Å². The zero-order valence-electron chi connectivity index (χ0n) is 18.6. The van der Waals surface area contributed by atoms with Crippen LogP contribution in [0.3, 0.4) is 0 Å². The molecular formula is C27H24N2O5. The van der Waals surface area contributed by atoms with Crippen molar-refractivity contribution in [3.05, 3.63) is 83.4 Å². The molecule has 1 spiro atoms. The Labute approximate surface area is 197 Å². The monoisotopic (exact) mass is 456 g/mol. The van der Waals surface area contributed by atoms with Crippen molar-refractivity contribution in [3.63, 3.8) is 0 Å². The minimum atomic E-state index is -0.899. The quantitative estimate of drug-likeness (QED) is 0.577. The second-order valence-electron chi connectivity index (χ2n) is 8.74. The third-order valence-corrected chi connectivity index (χ3v) is 6.73. The molecule has 3 aromatic rings. The molecule has 1 atom stereocenters. The lowest BCUT2D eigenvalue weighted by Crippen LogP contribution is -2.43. The largest absolute Gasteiger partial charge is 0.491 e. The molecule has 34 heavy (non-hydrogen) atoms. The molecule has 0 saturated carbocycles. The van der Waals surface area contributed by atoms with Gasteiger partial charge in [0, 0.05) is 30.4 Å². The number of fused-ring (bicyclic) bond motifs is 5. The summed E-state index contributed by atoms with van der Waals surface area (Å²) >= 11 is 0. The lowest BCUT2D eigenvalue weighted by Gasteiger charge is -2.23. The number of nitrogens with one attached hydrogen (secondary N) is 1. The summed E-state index contributed by atoms with van der Waals surface area (Å²) in [5, 5.41) is 2.97. The number of carbonyl (C=O) groups is 2. The molecule has 0 fully saturated rings. The van der Waals surface area contributed by atoms with Gasteiger partial charge in [-0.2, -0.15) is 0 Å². The van der Waals surface area contributed by atoms with E-state index in [9.17, 15) is 9.59 Å². The van der Waals surface area contributed by atoms with Crippen molar-refractivity contribution in [2.45, 2.75) is 18.3 Å². The highest BCUT2D eigenvalue weighted by molar-refractivity contribution is 6.11. The van der Waals surface area contributed by atoms with Crippen LogP contribution in [0.25, 0.3) is 0 Å². The summed E-state index contributed by atoms with van der Waals surface area (Å²) in [6, 6.07) is 21.2. The van der Waals surface area contributed by atoms with Crippen LogP contribution in [-0.2, 0) is 21.4 Å². The van der Waals surface area contributed by atoms with Crippen LogP contribution in [0.2, 0.25) is 0 Å². The highest BCUT2D eigenvalue weighted by Crippen LogP contribution is 2.54. The minimum Gasteiger partial charge on any atom is -0.491 e. The van der Waals surface area contributed by atoms with Crippen LogP contribution in [0, 0.1) is 0 Å². The molecule has 172 valence electrons. The molecule has 0 bridgehead atoms. The van der Waals surface area contributed by atoms with E-state index < -0.39 is 5.41 Å². The molecule has 0 aliphatic carbocycles. The third kappa shape index (κ3) is 3.19. The Morgan fingerprint density at radius 2 is 1.68 bits per heavy atom. The molecule has 1 unspecified atom stereocenters. The molecule has 0 radical (unpaired) electrons. The van der Waals surface area contributed by atoms with E-state index in [1.807, 2.05) is 71.6 Å². The summed E-state index contributed by atoms with van der Waals surface area (Å²) < 4.78 is 17.1. The lowest BCUT2D eigenvalue weighted by molar-refractivity contribution is -0.122. The fourth-order valence-corrected chi connectivity index (χ4v) is 5.10. The number of anilines is 1. The van der Waals surface area contributed by atoms with Gasteiger partial charge < -0.3 is 24.4 Å². The Morgan fingerprint density at radius 3 is 2.53 bits per heavy atom. The Bertz CT molecular complexity index is 1280. The van der Waals surface area contributed by atoms with Crippen LogP contribution in [0.1, 0.15) is 23.1 Å². The molecule has 6 rings (SSSR count). The van der Waals surface area contributed by atoms with Crippen LogP contribution in [0.5, 0.6) is 17.2 Å². The molecule has 0 aromatic heterocycles. The first-order chi connectivity index (χ1) is 16.7. The van der Waals surface area contributed by atoms with E-state index >= 15 is 0 Å². The van der Waals surface area contributed by atoms with E-state index in [0.29, 0.717) is 43.2 Å². The number of hydrogen-bond donors (Lipinski definition) is 1. The van der Waals surface area contributed by atoms with Gasteiger partial charge in [0.15, 0.2) is 11.5 Å². The minimum absolute atomic E-state index is 0.0121. The van der Waals surface area contributed by atoms with Crippen LogP contribution in [-0.4, -0.2) is 38.3 Å². The number of benzene rings is 3. The number of ether oxygens (including phenoxy) is 3. The summed E-state index contributed by atoms with van der Waals surface area (Å²) in [5.41, 5.74) is 2.71. The Kier molecular flexibility index (Phi) is 4.90. The molecule has 1 N–H and O–H groups in total. The number of para-hydroxylation sites is 1. The van der Waals surface area contributed by atoms with Gasteiger partial charge >= 0.3 is 0 Å². The van der Waals surface area contributed by atoms with Gasteiger partial charge in [0.05, 0.1) is 6.42 Å². The average Bonchev–Trinajstić information content (AvgIpc) is 3.53. The van der Waals surface area contributed by atoms with E-state index in [1.54, 1.807) is 0 Å². The molecule has 7 heteroatoms. The van der Waals surface area contributed by atoms with E-state index in [0.717, 1.165) is 22.4 Å². The Hall–Kier alpha value is -4.00. The van der Waals surface area contributed by atoms with Gasteiger partial charge in [-0.1, -0.05) is 48.5 Å². The fourth-order valence-electron chi connectivity index (χ4n) is 5.10. The van der Waals surface area contributed by atoms with Gasteiger partial charge in [0.2, 0.25) is 18.6 Å². The molecule has 3 aromatic carbocycles. The number of hydrogen-bond acceptors (Lipinski definition) is 5. The predicted molar refractivity (Wildman–Crippen MR) is 125 cm³/mol. The first kappa shape index (κ1) is 20.6. The summed E-state index contributed by atoms with van der Waals surface area (Å²) in [7, 11) is 0. The van der Waals surface area contributed by atoms with Crippen molar-refractivity contribution in [1.29, 1.82) is 0 Å². The summed E-state index contributed by atoms with van der Waals surface area (Å²) in [5.74, 6) is 1.89. The van der Waals surface area contributed by atoms with Crippen LogP contribution in [0.4, 0.5) is 5.69 Å².